The molecule has 14 nitrogen and oxygen atoms in total. The first-order valence-corrected chi connectivity index (χ1v) is 11.7. The van der Waals surface area contributed by atoms with Gasteiger partial charge in [0.2, 0.25) is 0 Å². The van der Waals surface area contributed by atoms with Crippen LogP contribution in [0.15, 0.2) is 73.3 Å². The van der Waals surface area contributed by atoms with Crippen molar-refractivity contribution in [2.45, 2.75) is 0 Å². The van der Waals surface area contributed by atoms with Crippen LogP contribution >= 0.6 is 24.4 Å². The van der Waals surface area contributed by atoms with Crippen molar-refractivity contribution in [1.82, 2.24) is 19.9 Å². The average Bonchev–Trinajstić information content (AvgIpc) is 2.99. The van der Waals surface area contributed by atoms with E-state index in [0.29, 0.717) is 28.5 Å². The van der Waals surface area contributed by atoms with Gasteiger partial charge in [-0.3, -0.25) is 19.9 Å². The molecule has 4 heterocycles. The Hall–Kier alpha value is -5.01. The number of pyridine rings is 4. The Bertz CT molecular complexity index is 1550. The summed E-state index contributed by atoms with van der Waals surface area (Å²) in [5.41, 5.74) is 1.82. The van der Waals surface area contributed by atoms with E-state index in [-0.39, 0.29) is 36.2 Å². The van der Waals surface area contributed by atoms with E-state index < -0.39 is 24.7 Å². The van der Waals surface area contributed by atoms with Gasteiger partial charge in [0.15, 0.2) is 6.79 Å². The molecule has 0 radical (unpaired) electrons. The summed E-state index contributed by atoms with van der Waals surface area (Å²) in [6, 6.07) is 11.4. The maximum Gasteiger partial charge on any atom is 2.00 e. The van der Waals surface area contributed by atoms with Gasteiger partial charge in [-0.05, 0) is 42.5 Å². The minimum Gasteiger partial charge on any atom is -0.753 e. The van der Waals surface area contributed by atoms with Gasteiger partial charge < -0.3 is 36.0 Å². The van der Waals surface area contributed by atoms with Crippen LogP contribution in [0.1, 0.15) is 31.1 Å². The second kappa shape index (κ2) is 20.8. The van der Waals surface area contributed by atoms with Crippen molar-refractivity contribution in [2.24, 2.45) is 0 Å². The number of aromatic carboxylic acids is 3. The van der Waals surface area contributed by atoms with Gasteiger partial charge in [-0.1, -0.05) is 24.4 Å². The second-order valence-corrected chi connectivity index (χ2v) is 7.40. The standard InChI is InChI=1S/C12H10N2O4.C12H8N2O4.2CNS.Ru/c15-7-18-9-2-4-14-11(6-9)10-5-8(12(16)17)1-3-13-10;15-11(16)7-1-3-13-9(5-7)10-6-8(12(17)18)2-4-14-10;2*2-1-3;/h1-6,15H,7H2,(H,16,17);1-6H,(H,15,16)(H,17,18);;;/q;;2*-1;+2. The van der Waals surface area contributed by atoms with Crippen LogP contribution in [0, 0.1) is 0 Å². The molecule has 0 fully saturated rings. The number of rotatable bonds is 7. The Labute approximate surface area is 266 Å². The number of aliphatic hydroxyl groups is 1. The summed E-state index contributed by atoms with van der Waals surface area (Å²) in [5.74, 6) is -2.74. The molecule has 4 rings (SSSR count). The van der Waals surface area contributed by atoms with Crippen LogP contribution in [0.25, 0.3) is 33.6 Å². The van der Waals surface area contributed by atoms with Crippen molar-refractivity contribution in [1.29, 1.82) is 0 Å². The van der Waals surface area contributed by atoms with Crippen LogP contribution in [-0.2, 0) is 19.5 Å². The topological polar surface area (TPSA) is 238 Å². The van der Waals surface area contributed by atoms with Gasteiger partial charge >= 0.3 is 37.4 Å². The summed E-state index contributed by atoms with van der Waals surface area (Å²) >= 11 is 7.40. The minimum atomic E-state index is -1.08. The van der Waals surface area contributed by atoms with Gasteiger partial charge in [-0.15, -0.1) is 0 Å². The van der Waals surface area contributed by atoms with Crippen molar-refractivity contribution in [2.75, 3.05) is 6.79 Å². The summed E-state index contributed by atoms with van der Waals surface area (Å²) in [6.07, 6.45) is 5.58. The number of carboxylic acids is 3. The fourth-order valence-corrected chi connectivity index (χ4v) is 2.83. The average molecular weight is 708 g/mol. The van der Waals surface area contributed by atoms with Gasteiger partial charge in [0, 0.05) is 30.9 Å². The molecule has 0 aliphatic carbocycles. The van der Waals surface area contributed by atoms with Crippen molar-refractivity contribution in [3.63, 3.8) is 0 Å². The Morgan fingerprint density at radius 2 is 0.930 bits per heavy atom. The van der Waals surface area contributed by atoms with E-state index in [4.69, 9.17) is 36.0 Å². The van der Waals surface area contributed by atoms with E-state index in [0.717, 1.165) is 0 Å². The quantitative estimate of drug-likeness (QED) is 0.0919. The Balaban J connectivity index is 0.000000680. The third kappa shape index (κ3) is 13.5. The van der Waals surface area contributed by atoms with Crippen molar-refractivity contribution in [3.8, 4) is 28.5 Å². The van der Waals surface area contributed by atoms with Crippen LogP contribution < -0.4 is 4.74 Å². The Kier molecular flexibility index (Phi) is 18.4. The van der Waals surface area contributed by atoms with Gasteiger partial charge in [0.05, 0.1) is 39.5 Å². The number of ether oxygens (including phenoxy) is 1. The van der Waals surface area contributed by atoms with Gasteiger partial charge in [-0.2, -0.15) is 10.3 Å². The summed E-state index contributed by atoms with van der Waals surface area (Å²) in [7, 11) is 0. The molecule has 0 amide bonds. The van der Waals surface area contributed by atoms with E-state index in [9.17, 15) is 14.4 Å². The van der Waals surface area contributed by atoms with Crippen LogP contribution in [-0.4, -0.2) is 75.4 Å². The van der Waals surface area contributed by atoms with Crippen LogP contribution in [0.5, 0.6) is 5.75 Å². The number of hydrogen-bond donors (Lipinski definition) is 4. The fourth-order valence-electron chi connectivity index (χ4n) is 2.83. The summed E-state index contributed by atoms with van der Waals surface area (Å²) in [5, 5.41) is 52.2. The number of aliphatic hydroxyl groups excluding tert-OH is 1. The summed E-state index contributed by atoms with van der Waals surface area (Å²) < 4.78 is 4.92. The third-order valence-corrected chi connectivity index (χ3v) is 4.51. The number of nitrogens with zero attached hydrogens (tertiary/aromatic N) is 6. The second-order valence-electron chi connectivity index (χ2n) is 7.04. The van der Waals surface area contributed by atoms with Crippen molar-refractivity contribution < 1.29 is 59.0 Å². The molecule has 4 aromatic rings. The Morgan fingerprint density at radius 3 is 1.21 bits per heavy atom. The first kappa shape index (κ1) is 38.0. The van der Waals surface area contributed by atoms with E-state index >= 15 is 0 Å². The molecule has 0 aromatic carbocycles. The Morgan fingerprint density at radius 1 is 0.651 bits per heavy atom. The zero-order valence-corrected chi connectivity index (χ0v) is 24.8. The van der Waals surface area contributed by atoms with Gasteiger partial charge in [0.25, 0.3) is 0 Å². The number of carboxylic acid groups (broad SMARTS) is 3. The first-order chi connectivity index (χ1) is 20.1. The first-order valence-electron chi connectivity index (χ1n) is 10.9. The van der Waals surface area contributed by atoms with Crippen LogP contribution in [0.3, 0.4) is 0 Å². The largest absolute Gasteiger partial charge is 2.00 e. The SMILES string of the molecule is O=C(O)c1ccnc(-c2cc(C(=O)O)ccn2)c1.O=C(O)c1ccnc(-c2cc(OCO)ccn2)c1.[N-]=C=S.[N-]=C=S.[Ru+2]. The fraction of sp³-hybridized carbons (Fsp3) is 0.0385. The molecule has 0 saturated carbocycles. The number of hydrogen-bond acceptors (Lipinski definition) is 11. The van der Waals surface area contributed by atoms with Gasteiger partial charge in [-0.25, -0.2) is 14.4 Å². The maximum absolute atomic E-state index is 10.8. The molecule has 4 N–H and O–H groups in total. The predicted molar refractivity (Wildman–Crippen MR) is 155 cm³/mol. The normalized spacial score (nSPS) is 8.77. The van der Waals surface area contributed by atoms with Crippen LogP contribution in [0.4, 0.5) is 0 Å². The molecule has 220 valence electrons. The smallest absolute Gasteiger partial charge is 0.753 e. The molecular formula is C26H18N6O8RuS2. The monoisotopic (exact) mass is 708 g/mol. The molecule has 17 heteroatoms. The van der Waals surface area contributed by atoms with E-state index in [1.54, 1.807) is 12.1 Å². The molecule has 0 saturated heterocycles. The molecule has 0 atom stereocenters. The molecule has 0 unspecified atom stereocenters. The summed E-state index contributed by atoms with van der Waals surface area (Å²) in [6.45, 7) is -0.438. The van der Waals surface area contributed by atoms with Crippen LogP contribution in [0.2, 0.25) is 0 Å². The molecular weight excluding hydrogens is 690 g/mol. The predicted octanol–water partition coefficient (Wildman–Crippen LogP) is 4.03. The number of aromatic nitrogens is 4. The maximum atomic E-state index is 10.8. The van der Waals surface area contributed by atoms with E-state index in [1.807, 2.05) is 0 Å². The number of isothiocyanates is 2. The van der Waals surface area contributed by atoms with Crippen molar-refractivity contribution >= 4 is 52.7 Å². The molecule has 43 heavy (non-hydrogen) atoms. The molecule has 0 aliphatic heterocycles. The van der Waals surface area contributed by atoms with E-state index in [1.165, 1.54) is 71.5 Å². The minimum absolute atomic E-state index is 0. The number of carbonyl (C=O) groups is 3. The molecule has 4 aromatic heterocycles. The third-order valence-electron chi connectivity index (χ3n) is 4.51. The van der Waals surface area contributed by atoms with Crippen molar-refractivity contribution in [3.05, 3.63) is 101 Å². The zero-order valence-electron chi connectivity index (χ0n) is 21.4. The molecule has 0 bridgehead atoms. The molecule has 0 aliphatic rings. The molecule has 0 spiro atoms. The zero-order chi connectivity index (χ0) is 31.5. The summed E-state index contributed by atoms with van der Waals surface area (Å²) in [4.78, 5) is 48.6. The van der Waals surface area contributed by atoms with E-state index in [2.05, 4.69) is 44.4 Å². The van der Waals surface area contributed by atoms with Gasteiger partial charge in [0.1, 0.15) is 5.75 Å². The number of thiocarbonyl (C=S) groups is 2.